The van der Waals surface area contributed by atoms with E-state index in [0.29, 0.717) is 11.3 Å². The molecule has 0 fully saturated rings. The Bertz CT molecular complexity index is 772. The van der Waals surface area contributed by atoms with E-state index in [-0.39, 0.29) is 17.4 Å². The third kappa shape index (κ3) is 4.64. The molecule has 2 aromatic carbocycles. The first-order valence-corrected chi connectivity index (χ1v) is 7.31. The lowest BCUT2D eigenvalue weighted by Gasteiger charge is -2.11. The fraction of sp³-hybridized carbons (Fsp3) is 0.176. The Hall–Kier alpha value is -3.22. The average Bonchev–Trinajstić information content (AvgIpc) is 2.56. The highest BCUT2D eigenvalue weighted by Crippen LogP contribution is 2.17. The number of benzene rings is 2. The third-order valence-electron chi connectivity index (χ3n) is 2.97. The van der Waals surface area contributed by atoms with Crippen molar-refractivity contribution in [2.45, 2.75) is 20.0 Å². The molecular weight excluding hydrogens is 310 g/mol. The van der Waals surface area contributed by atoms with Gasteiger partial charge < -0.3 is 4.74 Å². The molecule has 124 valence electrons. The highest BCUT2D eigenvalue weighted by Gasteiger charge is 2.10. The second-order valence-corrected chi connectivity index (χ2v) is 5.21. The van der Waals surface area contributed by atoms with Crippen molar-refractivity contribution >= 4 is 17.8 Å². The molecule has 0 heterocycles. The Kier molecular flexibility index (Phi) is 5.62. The minimum Gasteiger partial charge on any atom is -0.490 e. The molecule has 0 aliphatic rings. The number of hydrogen-bond donors (Lipinski definition) is 1. The van der Waals surface area contributed by atoms with Gasteiger partial charge in [0.1, 0.15) is 5.75 Å². The van der Waals surface area contributed by atoms with Gasteiger partial charge in [-0.3, -0.25) is 14.9 Å². The largest absolute Gasteiger partial charge is 0.490 e. The maximum atomic E-state index is 12.0. The minimum absolute atomic E-state index is 0.0130. The highest BCUT2D eigenvalue weighted by atomic mass is 16.6. The van der Waals surface area contributed by atoms with Crippen molar-refractivity contribution in [3.63, 3.8) is 0 Å². The highest BCUT2D eigenvalue weighted by molar-refractivity contribution is 5.95. The van der Waals surface area contributed by atoms with E-state index >= 15 is 0 Å². The standard InChI is InChI=1S/C17H17N3O4/c1-12(2)24-16-9-4-3-6-14(16)11-18-19-17(21)13-7-5-8-15(10-13)20(22)23/h3-12H,1-2H3,(H,19,21)/b18-11+. The second-order valence-electron chi connectivity index (χ2n) is 5.21. The predicted octanol–water partition coefficient (Wildman–Crippen LogP) is 3.15. The normalized spacial score (nSPS) is 10.8. The van der Waals surface area contributed by atoms with E-state index in [0.717, 1.165) is 0 Å². The van der Waals surface area contributed by atoms with E-state index in [1.807, 2.05) is 32.0 Å². The van der Waals surface area contributed by atoms with Crippen molar-refractivity contribution in [2.75, 3.05) is 0 Å². The molecule has 2 rings (SSSR count). The molecule has 0 aromatic heterocycles. The van der Waals surface area contributed by atoms with Crippen molar-refractivity contribution in [1.82, 2.24) is 5.43 Å². The van der Waals surface area contributed by atoms with Gasteiger partial charge in [0, 0.05) is 23.3 Å². The molecule has 1 N–H and O–H groups in total. The van der Waals surface area contributed by atoms with Gasteiger partial charge in [-0.15, -0.1) is 0 Å². The summed E-state index contributed by atoms with van der Waals surface area (Å²) in [6.45, 7) is 3.83. The van der Waals surface area contributed by atoms with Crippen LogP contribution in [0.25, 0.3) is 0 Å². The fourth-order valence-electron chi connectivity index (χ4n) is 1.93. The van der Waals surface area contributed by atoms with Crippen LogP contribution in [0.15, 0.2) is 53.6 Å². The van der Waals surface area contributed by atoms with Crippen LogP contribution >= 0.6 is 0 Å². The lowest BCUT2D eigenvalue weighted by Crippen LogP contribution is -2.17. The van der Waals surface area contributed by atoms with E-state index in [2.05, 4.69) is 10.5 Å². The number of nitrogens with zero attached hydrogens (tertiary/aromatic N) is 2. The predicted molar refractivity (Wildman–Crippen MR) is 90.4 cm³/mol. The number of hydrazone groups is 1. The van der Waals surface area contributed by atoms with Gasteiger partial charge in [0.05, 0.1) is 17.2 Å². The zero-order valence-corrected chi connectivity index (χ0v) is 13.3. The van der Waals surface area contributed by atoms with Crippen LogP contribution in [0.1, 0.15) is 29.8 Å². The molecule has 0 unspecified atom stereocenters. The van der Waals surface area contributed by atoms with Crippen molar-refractivity contribution in [1.29, 1.82) is 0 Å². The summed E-state index contributed by atoms with van der Waals surface area (Å²) in [4.78, 5) is 22.2. The van der Waals surface area contributed by atoms with Gasteiger partial charge in [0.15, 0.2) is 0 Å². The van der Waals surface area contributed by atoms with Crippen LogP contribution in [0.4, 0.5) is 5.69 Å². The van der Waals surface area contributed by atoms with Crippen molar-refractivity contribution < 1.29 is 14.5 Å². The monoisotopic (exact) mass is 327 g/mol. The molecule has 0 radical (unpaired) electrons. The van der Waals surface area contributed by atoms with Crippen LogP contribution in [0.3, 0.4) is 0 Å². The number of ether oxygens (including phenoxy) is 1. The van der Waals surface area contributed by atoms with Gasteiger partial charge in [0.2, 0.25) is 0 Å². The SMILES string of the molecule is CC(C)Oc1ccccc1/C=N/NC(=O)c1cccc([N+](=O)[O-])c1. The topological polar surface area (TPSA) is 93.8 Å². The van der Waals surface area contributed by atoms with Gasteiger partial charge >= 0.3 is 0 Å². The summed E-state index contributed by atoms with van der Waals surface area (Å²) in [5, 5.41) is 14.6. The summed E-state index contributed by atoms with van der Waals surface area (Å²) in [7, 11) is 0. The summed E-state index contributed by atoms with van der Waals surface area (Å²) >= 11 is 0. The summed E-state index contributed by atoms with van der Waals surface area (Å²) in [5.41, 5.74) is 3.07. The Morgan fingerprint density at radius 3 is 2.71 bits per heavy atom. The Morgan fingerprint density at radius 1 is 1.25 bits per heavy atom. The number of amides is 1. The fourth-order valence-corrected chi connectivity index (χ4v) is 1.93. The van der Waals surface area contributed by atoms with Crippen LogP contribution in [-0.2, 0) is 0 Å². The van der Waals surface area contributed by atoms with E-state index in [9.17, 15) is 14.9 Å². The maximum Gasteiger partial charge on any atom is 0.271 e. The van der Waals surface area contributed by atoms with Crippen LogP contribution in [0.5, 0.6) is 5.75 Å². The molecule has 1 amide bonds. The minimum atomic E-state index is -0.556. The van der Waals surface area contributed by atoms with Gasteiger partial charge in [0.25, 0.3) is 11.6 Å². The molecule has 0 saturated heterocycles. The third-order valence-corrected chi connectivity index (χ3v) is 2.97. The Balaban J connectivity index is 2.08. The lowest BCUT2D eigenvalue weighted by molar-refractivity contribution is -0.384. The molecule has 0 spiro atoms. The van der Waals surface area contributed by atoms with Gasteiger partial charge in [-0.2, -0.15) is 5.10 Å². The second kappa shape index (κ2) is 7.87. The number of hydrogen-bond acceptors (Lipinski definition) is 5. The number of non-ortho nitro benzene ring substituents is 1. The number of nitro groups is 1. The number of rotatable bonds is 6. The first-order valence-electron chi connectivity index (χ1n) is 7.31. The average molecular weight is 327 g/mol. The van der Waals surface area contributed by atoms with Crippen LogP contribution in [0, 0.1) is 10.1 Å². The maximum absolute atomic E-state index is 12.0. The van der Waals surface area contributed by atoms with Crippen LogP contribution < -0.4 is 10.2 Å². The summed E-state index contributed by atoms with van der Waals surface area (Å²) in [6.07, 6.45) is 1.48. The number of nitro benzene ring substituents is 1. The smallest absolute Gasteiger partial charge is 0.271 e. The van der Waals surface area contributed by atoms with E-state index in [1.165, 1.54) is 30.5 Å². The first-order chi connectivity index (χ1) is 11.5. The molecule has 2 aromatic rings. The van der Waals surface area contributed by atoms with Crippen molar-refractivity contribution in [3.05, 3.63) is 69.8 Å². The van der Waals surface area contributed by atoms with E-state index in [1.54, 1.807) is 6.07 Å². The quantitative estimate of drug-likeness (QED) is 0.501. The molecule has 7 nitrogen and oxygen atoms in total. The number of para-hydroxylation sites is 1. The summed E-state index contributed by atoms with van der Waals surface area (Å²) < 4.78 is 5.65. The van der Waals surface area contributed by atoms with Crippen LogP contribution in [-0.4, -0.2) is 23.1 Å². The van der Waals surface area contributed by atoms with Crippen molar-refractivity contribution in [3.8, 4) is 5.75 Å². The molecule has 24 heavy (non-hydrogen) atoms. The lowest BCUT2D eigenvalue weighted by atomic mass is 10.2. The zero-order chi connectivity index (χ0) is 17.5. The van der Waals surface area contributed by atoms with Gasteiger partial charge in [-0.1, -0.05) is 18.2 Å². The molecule has 0 aliphatic heterocycles. The molecule has 0 saturated carbocycles. The number of nitrogens with one attached hydrogen (secondary N) is 1. The zero-order valence-electron chi connectivity index (χ0n) is 13.3. The van der Waals surface area contributed by atoms with Gasteiger partial charge in [-0.25, -0.2) is 5.43 Å². The number of carbonyl (C=O) groups is 1. The Morgan fingerprint density at radius 2 is 2.00 bits per heavy atom. The first kappa shape index (κ1) is 17.1. The van der Waals surface area contributed by atoms with Crippen LogP contribution in [0.2, 0.25) is 0 Å². The summed E-state index contributed by atoms with van der Waals surface area (Å²) in [5.74, 6) is 0.123. The van der Waals surface area contributed by atoms with Crippen molar-refractivity contribution in [2.24, 2.45) is 5.10 Å². The number of carbonyl (C=O) groups excluding carboxylic acids is 1. The van der Waals surface area contributed by atoms with E-state index < -0.39 is 10.8 Å². The Labute approximate surface area is 139 Å². The van der Waals surface area contributed by atoms with E-state index in [4.69, 9.17) is 4.74 Å². The molecule has 0 aliphatic carbocycles. The molecule has 7 heteroatoms. The molecular formula is C17H17N3O4. The summed E-state index contributed by atoms with van der Waals surface area (Å²) in [6, 6.07) is 12.7. The molecule has 0 bridgehead atoms. The van der Waals surface area contributed by atoms with Gasteiger partial charge in [-0.05, 0) is 32.0 Å². The molecule has 0 atom stereocenters.